The molecule has 0 atom stereocenters. The van der Waals surface area contributed by atoms with Crippen molar-refractivity contribution in [2.75, 3.05) is 23.7 Å². The molecule has 6 rings (SSSR count). The van der Waals surface area contributed by atoms with Gasteiger partial charge in [0.05, 0.1) is 16.9 Å². The van der Waals surface area contributed by atoms with Crippen molar-refractivity contribution < 1.29 is 9.59 Å². The van der Waals surface area contributed by atoms with Gasteiger partial charge in [0.15, 0.2) is 11.6 Å². The maximum atomic E-state index is 13.3. The van der Waals surface area contributed by atoms with Crippen LogP contribution in [0.1, 0.15) is 50.2 Å². The average molecular weight is 409 g/mol. The minimum Gasteiger partial charge on any atom is -0.361 e. The summed E-state index contributed by atoms with van der Waals surface area (Å²) in [5, 5.41) is 7.28. The highest BCUT2D eigenvalue weighted by Crippen LogP contribution is 2.45. The molecule has 0 radical (unpaired) electrons. The molecule has 5 heteroatoms. The maximum absolute atomic E-state index is 13.3. The van der Waals surface area contributed by atoms with E-state index >= 15 is 0 Å². The lowest BCUT2D eigenvalue weighted by Crippen LogP contribution is -2.51. The van der Waals surface area contributed by atoms with E-state index in [4.69, 9.17) is 0 Å². The molecule has 0 bridgehead atoms. The fraction of sp³-hybridized carbons (Fsp3) is 0.231. The molecule has 1 spiro atoms. The average Bonchev–Trinajstić information content (AvgIpc) is 3.17. The van der Waals surface area contributed by atoms with Crippen LogP contribution < -0.4 is 10.6 Å². The second-order valence-electron chi connectivity index (χ2n) is 8.71. The second-order valence-corrected chi connectivity index (χ2v) is 8.71. The number of likely N-dealkylation sites (tertiary alicyclic amines) is 1. The standard InChI is InChI=1S/C26H23N3O2/c30-24-18-8-4-5-9-19(18)25(31)22-20(24)10-11-21-23(22)28-26(27-21)12-14-29(15-13-26)16-17-6-2-1-3-7-17/h1-11,27-28H,12-16H2. The van der Waals surface area contributed by atoms with Crippen LogP contribution in [0, 0.1) is 0 Å². The lowest BCUT2D eigenvalue weighted by molar-refractivity contribution is 0.0979. The van der Waals surface area contributed by atoms with Crippen LogP contribution in [-0.2, 0) is 6.54 Å². The number of hydrogen-bond donors (Lipinski definition) is 2. The highest BCUT2D eigenvalue weighted by atomic mass is 16.1. The van der Waals surface area contributed by atoms with Gasteiger partial charge in [0.1, 0.15) is 5.66 Å². The van der Waals surface area contributed by atoms with E-state index in [0.717, 1.165) is 43.9 Å². The molecule has 0 saturated carbocycles. The molecule has 3 aromatic rings. The van der Waals surface area contributed by atoms with E-state index in [0.29, 0.717) is 22.3 Å². The molecule has 0 aromatic heterocycles. The predicted octanol–water partition coefficient (Wildman–Crippen LogP) is 4.29. The van der Waals surface area contributed by atoms with Crippen LogP contribution in [0.25, 0.3) is 0 Å². The maximum Gasteiger partial charge on any atom is 0.196 e. The summed E-state index contributed by atoms with van der Waals surface area (Å²) in [5.74, 6) is -0.150. The van der Waals surface area contributed by atoms with E-state index in [2.05, 4.69) is 39.8 Å². The molecule has 3 aromatic carbocycles. The third-order valence-electron chi connectivity index (χ3n) is 6.79. The molecule has 5 nitrogen and oxygen atoms in total. The summed E-state index contributed by atoms with van der Waals surface area (Å²) in [6.07, 6.45) is 1.84. The lowest BCUT2D eigenvalue weighted by atomic mass is 9.83. The molecule has 1 fully saturated rings. The molecular weight excluding hydrogens is 386 g/mol. The van der Waals surface area contributed by atoms with E-state index in [1.54, 1.807) is 24.3 Å². The monoisotopic (exact) mass is 409 g/mol. The number of nitrogens with one attached hydrogen (secondary N) is 2. The van der Waals surface area contributed by atoms with Gasteiger partial charge in [-0.2, -0.15) is 0 Å². The van der Waals surface area contributed by atoms with Gasteiger partial charge in [-0.15, -0.1) is 0 Å². The molecule has 1 saturated heterocycles. The zero-order valence-electron chi connectivity index (χ0n) is 17.2. The van der Waals surface area contributed by atoms with Gasteiger partial charge in [-0.3, -0.25) is 14.5 Å². The second kappa shape index (κ2) is 6.79. The Labute approximate surface area is 181 Å². The summed E-state index contributed by atoms with van der Waals surface area (Å²) in [6, 6.07) is 21.4. The van der Waals surface area contributed by atoms with Gasteiger partial charge in [0.25, 0.3) is 0 Å². The molecule has 2 N–H and O–H groups in total. The molecule has 3 aliphatic rings. The van der Waals surface area contributed by atoms with Crippen LogP contribution in [0.3, 0.4) is 0 Å². The smallest absolute Gasteiger partial charge is 0.196 e. The van der Waals surface area contributed by atoms with Gasteiger partial charge >= 0.3 is 0 Å². The SMILES string of the molecule is O=C1c2ccccc2C(=O)c2c1ccc1c2NC2(CCN(Cc3ccccc3)CC2)N1. The van der Waals surface area contributed by atoms with Gasteiger partial charge < -0.3 is 10.6 Å². The van der Waals surface area contributed by atoms with Crippen LogP contribution in [0.5, 0.6) is 0 Å². The summed E-state index contributed by atoms with van der Waals surface area (Å²) in [4.78, 5) is 28.8. The van der Waals surface area contributed by atoms with Crippen molar-refractivity contribution in [3.05, 3.63) is 94.5 Å². The minimum atomic E-state index is -0.273. The number of benzene rings is 3. The van der Waals surface area contributed by atoms with Crippen molar-refractivity contribution in [2.24, 2.45) is 0 Å². The summed E-state index contributed by atoms with van der Waals surface area (Å²) >= 11 is 0. The highest BCUT2D eigenvalue weighted by Gasteiger charge is 2.43. The van der Waals surface area contributed by atoms with E-state index in [-0.39, 0.29) is 17.2 Å². The fourth-order valence-corrected chi connectivity index (χ4v) is 5.13. The number of carbonyl (C=O) groups is 2. The Morgan fingerprint density at radius 2 is 1.42 bits per heavy atom. The first-order chi connectivity index (χ1) is 15.1. The van der Waals surface area contributed by atoms with Gasteiger partial charge in [0.2, 0.25) is 0 Å². The fourth-order valence-electron chi connectivity index (χ4n) is 5.13. The Morgan fingerprint density at radius 3 is 2.16 bits per heavy atom. The van der Waals surface area contributed by atoms with Crippen LogP contribution in [0.15, 0.2) is 66.7 Å². The zero-order valence-corrected chi connectivity index (χ0v) is 17.2. The largest absolute Gasteiger partial charge is 0.361 e. The number of ketones is 2. The normalized spacial score (nSPS) is 18.7. The van der Waals surface area contributed by atoms with E-state index in [9.17, 15) is 9.59 Å². The summed E-state index contributed by atoms with van der Waals surface area (Å²) in [6.45, 7) is 2.87. The lowest BCUT2D eigenvalue weighted by Gasteiger charge is -2.40. The van der Waals surface area contributed by atoms with Crippen molar-refractivity contribution in [2.45, 2.75) is 25.0 Å². The first-order valence-electron chi connectivity index (χ1n) is 10.8. The number of nitrogens with zero attached hydrogens (tertiary/aromatic N) is 1. The number of hydrogen-bond acceptors (Lipinski definition) is 5. The van der Waals surface area contributed by atoms with Crippen molar-refractivity contribution in [1.82, 2.24) is 4.90 Å². The zero-order chi connectivity index (χ0) is 21.0. The minimum absolute atomic E-state index is 0.0742. The number of anilines is 2. The van der Waals surface area contributed by atoms with E-state index in [1.807, 2.05) is 18.2 Å². The number of fused-ring (bicyclic) bond motifs is 4. The van der Waals surface area contributed by atoms with Crippen molar-refractivity contribution >= 4 is 22.9 Å². The molecule has 2 aliphatic heterocycles. The van der Waals surface area contributed by atoms with Crippen LogP contribution in [0.4, 0.5) is 11.4 Å². The quantitative estimate of drug-likeness (QED) is 0.517. The van der Waals surface area contributed by atoms with Crippen molar-refractivity contribution in [3.8, 4) is 0 Å². The summed E-state index contributed by atoms with van der Waals surface area (Å²) in [7, 11) is 0. The van der Waals surface area contributed by atoms with Crippen LogP contribution >= 0.6 is 0 Å². The highest BCUT2D eigenvalue weighted by molar-refractivity contribution is 6.31. The molecule has 2 heterocycles. The summed E-state index contributed by atoms with van der Waals surface area (Å²) < 4.78 is 0. The topological polar surface area (TPSA) is 61.4 Å². The van der Waals surface area contributed by atoms with Crippen molar-refractivity contribution in [3.63, 3.8) is 0 Å². The van der Waals surface area contributed by atoms with E-state index < -0.39 is 0 Å². The first-order valence-corrected chi connectivity index (χ1v) is 10.8. The van der Waals surface area contributed by atoms with Gasteiger partial charge in [-0.25, -0.2) is 0 Å². The molecule has 1 aliphatic carbocycles. The van der Waals surface area contributed by atoms with Crippen LogP contribution in [0.2, 0.25) is 0 Å². The van der Waals surface area contributed by atoms with Gasteiger partial charge in [-0.1, -0.05) is 54.6 Å². The molecule has 154 valence electrons. The van der Waals surface area contributed by atoms with Gasteiger partial charge in [0, 0.05) is 49.2 Å². The number of carbonyl (C=O) groups excluding carboxylic acids is 2. The molecule has 0 amide bonds. The number of piperidine rings is 1. The van der Waals surface area contributed by atoms with E-state index in [1.165, 1.54) is 5.56 Å². The predicted molar refractivity (Wildman–Crippen MR) is 121 cm³/mol. The molecule has 31 heavy (non-hydrogen) atoms. The van der Waals surface area contributed by atoms with Crippen LogP contribution in [-0.4, -0.2) is 35.2 Å². The first kappa shape index (κ1) is 18.3. The third kappa shape index (κ3) is 2.88. The Kier molecular flexibility index (Phi) is 4.02. The Morgan fingerprint density at radius 1 is 0.742 bits per heavy atom. The Bertz CT molecular complexity index is 1210. The molecular formula is C26H23N3O2. The summed E-state index contributed by atoms with van der Waals surface area (Å²) in [5.41, 5.74) is 4.74. The third-order valence-corrected chi connectivity index (χ3v) is 6.79. The number of rotatable bonds is 2. The van der Waals surface area contributed by atoms with Gasteiger partial charge in [-0.05, 0) is 17.7 Å². The Hall–Kier alpha value is -3.44. The molecule has 0 unspecified atom stereocenters. The van der Waals surface area contributed by atoms with Crippen molar-refractivity contribution in [1.29, 1.82) is 0 Å². The Balaban J connectivity index is 1.26.